The average molecular weight is 423 g/mol. The van der Waals surface area contributed by atoms with E-state index in [9.17, 15) is 9.59 Å². The van der Waals surface area contributed by atoms with Gasteiger partial charge in [0.2, 0.25) is 0 Å². The molecule has 0 aromatic heterocycles. The van der Waals surface area contributed by atoms with Crippen LogP contribution < -0.4 is 10.1 Å². The highest BCUT2D eigenvalue weighted by Gasteiger charge is 2.17. The van der Waals surface area contributed by atoms with Crippen LogP contribution >= 0.6 is 31.9 Å². The molecule has 1 aromatic carbocycles. The maximum absolute atomic E-state index is 11.7. The van der Waals surface area contributed by atoms with E-state index in [-0.39, 0.29) is 19.1 Å². The SMILES string of the molecule is CCCC(CNC(=O)COc1ccc(Br)cc1Br)C(=O)O. The molecule has 5 nitrogen and oxygen atoms in total. The minimum Gasteiger partial charge on any atom is -0.483 e. The van der Waals surface area contributed by atoms with Gasteiger partial charge in [0.15, 0.2) is 6.61 Å². The molecule has 0 aliphatic rings. The topological polar surface area (TPSA) is 75.6 Å². The smallest absolute Gasteiger partial charge is 0.308 e. The van der Waals surface area contributed by atoms with Gasteiger partial charge in [0.25, 0.3) is 5.91 Å². The summed E-state index contributed by atoms with van der Waals surface area (Å²) in [6.45, 7) is 1.87. The lowest BCUT2D eigenvalue weighted by molar-refractivity contribution is -0.142. The molecule has 0 spiro atoms. The van der Waals surface area contributed by atoms with Crippen LogP contribution in [0.2, 0.25) is 0 Å². The fourth-order valence-electron chi connectivity index (χ4n) is 1.68. The zero-order valence-corrected chi connectivity index (χ0v) is 14.7. The molecule has 1 rings (SSSR count). The number of benzene rings is 1. The lowest BCUT2D eigenvalue weighted by atomic mass is 10.0. The Morgan fingerprint density at radius 2 is 2.10 bits per heavy atom. The molecule has 0 fully saturated rings. The molecule has 21 heavy (non-hydrogen) atoms. The van der Waals surface area contributed by atoms with Crippen LogP contribution in [0.15, 0.2) is 27.1 Å². The normalized spacial score (nSPS) is 11.8. The molecular formula is C14H17Br2NO4. The lowest BCUT2D eigenvalue weighted by Gasteiger charge is -2.13. The number of rotatable bonds is 8. The van der Waals surface area contributed by atoms with Crippen LogP contribution in [-0.2, 0) is 9.59 Å². The summed E-state index contributed by atoms with van der Waals surface area (Å²) in [7, 11) is 0. The van der Waals surface area contributed by atoms with Crippen molar-refractivity contribution in [3.8, 4) is 5.75 Å². The van der Waals surface area contributed by atoms with E-state index < -0.39 is 11.9 Å². The molecule has 116 valence electrons. The first kappa shape index (κ1) is 18.0. The number of nitrogens with one attached hydrogen (secondary N) is 1. The van der Waals surface area contributed by atoms with Gasteiger partial charge in [-0.3, -0.25) is 9.59 Å². The van der Waals surface area contributed by atoms with Gasteiger partial charge in [0.05, 0.1) is 10.4 Å². The second-order valence-corrected chi connectivity index (χ2v) is 6.26. The fourth-order valence-corrected chi connectivity index (χ4v) is 2.85. The van der Waals surface area contributed by atoms with Gasteiger partial charge in [-0.05, 0) is 40.5 Å². The third-order valence-electron chi connectivity index (χ3n) is 2.78. The van der Waals surface area contributed by atoms with Gasteiger partial charge in [-0.1, -0.05) is 29.3 Å². The van der Waals surface area contributed by atoms with Crippen LogP contribution in [0, 0.1) is 5.92 Å². The molecule has 1 amide bonds. The summed E-state index contributed by atoms with van der Waals surface area (Å²) in [6.07, 6.45) is 1.30. The number of aliphatic carboxylic acids is 1. The Kier molecular flexibility index (Phi) is 7.74. The highest BCUT2D eigenvalue weighted by molar-refractivity contribution is 9.11. The molecule has 1 atom stereocenters. The highest BCUT2D eigenvalue weighted by atomic mass is 79.9. The van der Waals surface area contributed by atoms with Crippen LogP contribution in [0.5, 0.6) is 5.75 Å². The van der Waals surface area contributed by atoms with E-state index in [4.69, 9.17) is 9.84 Å². The number of halogens is 2. The summed E-state index contributed by atoms with van der Waals surface area (Å²) < 4.78 is 7.01. The standard InChI is InChI=1S/C14H17Br2NO4/c1-2-3-9(14(19)20)7-17-13(18)8-21-12-5-4-10(15)6-11(12)16/h4-6,9H,2-3,7-8H2,1H3,(H,17,18)(H,19,20). The maximum atomic E-state index is 11.7. The number of carbonyl (C=O) groups excluding carboxylic acids is 1. The summed E-state index contributed by atoms with van der Waals surface area (Å²) in [5.74, 6) is -1.24. The first-order chi connectivity index (χ1) is 9.93. The Bertz CT molecular complexity index is 508. The van der Waals surface area contributed by atoms with Gasteiger partial charge in [0.1, 0.15) is 5.75 Å². The molecule has 0 aliphatic carbocycles. The second-order valence-electron chi connectivity index (χ2n) is 4.49. The monoisotopic (exact) mass is 421 g/mol. The first-order valence-electron chi connectivity index (χ1n) is 6.51. The quantitative estimate of drug-likeness (QED) is 0.674. The van der Waals surface area contributed by atoms with Crippen molar-refractivity contribution in [3.63, 3.8) is 0 Å². The Balaban J connectivity index is 2.41. The largest absolute Gasteiger partial charge is 0.483 e. The van der Waals surface area contributed by atoms with E-state index >= 15 is 0 Å². The van der Waals surface area contributed by atoms with Crippen molar-refractivity contribution >= 4 is 43.7 Å². The summed E-state index contributed by atoms with van der Waals surface area (Å²) in [5, 5.41) is 11.6. The van der Waals surface area contributed by atoms with E-state index in [1.807, 2.05) is 13.0 Å². The second kappa shape index (κ2) is 9.04. The molecular weight excluding hydrogens is 406 g/mol. The number of amides is 1. The van der Waals surface area contributed by atoms with Crippen molar-refractivity contribution in [2.24, 2.45) is 5.92 Å². The minimum absolute atomic E-state index is 0.118. The number of hydrogen-bond donors (Lipinski definition) is 2. The predicted octanol–water partition coefficient (Wildman–Crippen LogP) is 3.21. The lowest BCUT2D eigenvalue weighted by Crippen LogP contribution is -2.35. The van der Waals surface area contributed by atoms with Crippen molar-refractivity contribution in [2.75, 3.05) is 13.2 Å². The molecule has 0 aliphatic heterocycles. The van der Waals surface area contributed by atoms with E-state index in [0.29, 0.717) is 12.2 Å². The van der Waals surface area contributed by atoms with Gasteiger partial charge in [-0.2, -0.15) is 0 Å². The van der Waals surface area contributed by atoms with E-state index in [0.717, 1.165) is 15.4 Å². The Morgan fingerprint density at radius 1 is 1.38 bits per heavy atom. The molecule has 1 unspecified atom stereocenters. The summed E-state index contributed by atoms with van der Waals surface area (Å²) >= 11 is 6.66. The van der Waals surface area contributed by atoms with Crippen LogP contribution in [-0.4, -0.2) is 30.1 Å². The molecule has 2 N–H and O–H groups in total. The summed E-state index contributed by atoms with van der Waals surface area (Å²) in [5.41, 5.74) is 0. The summed E-state index contributed by atoms with van der Waals surface area (Å²) in [6, 6.07) is 5.35. The molecule has 7 heteroatoms. The van der Waals surface area contributed by atoms with E-state index in [1.165, 1.54) is 0 Å². The van der Waals surface area contributed by atoms with Gasteiger partial charge < -0.3 is 15.2 Å². The van der Waals surface area contributed by atoms with Crippen LogP contribution in [0.3, 0.4) is 0 Å². The molecule has 0 bridgehead atoms. The number of carboxylic acids is 1. The number of ether oxygens (including phenoxy) is 1. The predicted molar refractivity (Wildman–Crippen MR) is 86.4 cm³/mol. The minimum atomic E-state index is -0.895. The van der Waals surface area contributed by atoms with Gasteiger partial charge in [0, 0.05) is 11.0 Å². The average Bonchev–Trinajstić information content (AvgIpc) is 2.42. The van der Waals surface area contributed by atoms with Gasteiger partial charge in [-0.25, -0.2) is 0 Å². The highest BCUT2D eigenvalue weighted by Crippen LogP contribution is 2.28. The third kappa shape index (κ3) is 6.48. The van der Waals surface area contributed by atoms with Crippen molar-refractivity contribution in [2.45, 2.75) is 19.8 Å². The molecule has 0 radical (unpaired) electrons. The van der Waals surface area contributed by atoms with E-state index in [1.54, 1.807) is 12.1 Å². The zero-order valence-electron chi connectivity index (χ0n) is 11.6. The third-order valence-corrected chi connectivity index (χ3v) is 3.90. The Hall–Kier alpha value is -1.08. The molecule has 0 heterocycles. The molecule has 1 aromatic rings. The van der Waals surface area contributed by atoms with Crippen molar-refractivity contribution in [1.82, 2.24) is 5.32 Å². The molecule has 0 saturated heterocycles. The maximum Gasteiger partial charge on any atom is 0.308 e. The van der Waals surface area contributed by atoms with Crippen molar-refractivity contribution in [1.29, 1.82) is 0 Å². The van der Waals surface area contributed by atoms with Crippen LogP contribution in [0.1, 0.15) is 19.8 Å². The molecule has 0 saturated carbocycles. The van der Waals surface area contributed by atoms with Crippen LogP contribution in [0.25, 0.3) is 0 Å². The Labute approximate surface area is 140 Å². The van der Waals surface area contributed by atoms with E-state index in [2.05, 4.69) is 37.2 Å². The van der Waals surface area contributed by atoms with Crippen molar-refractivity contribution in [3.05, 3.63) is 27.1 Å². The number of carbonyl (C=O) groups is 2. The van der Waals surface area contributed by atoms with Crippen molar-refractivity contribution < 1.29 is 19.4 Å². The number of hydrogen-bond acceptors (Lipinski definition) is 3. The first-order valence-corrected chi connectivity index (χ1v) is 8.10. The number of carboxylic acid groups (broad SMARTS) is 1. The van der Waals surface area contributed by atoms with Crippen LogP contribution in [0.4, 0.5) is 0 Å². The Morgan fingerprint density at radius 3 is 2.67 bits per heavy atom. The van der Waals surface area contributed by atoms with Gasteiger partial charge in [-0.15, -0.1) is 0 Å². The van der Waals surface area contributed by atoms with Gasteiger partial charge >= 0.3 is 5.97 Å². The summed E-state index contributed by atoms with van der Waals surface area (Å²) in [4.78, 5) is 22.6. The zero-order chi connectivity index (χ0) is 15.8. The fraction of sp³-hybridized carbons (Fsp3) is 0.429.